The lowest BCUT2D eigenvalue weighted by molar-refractivity contribution is 0.0986. The van der Waals surface area contributed by atoms with Crippen LogP contribution in [-0.4, -0.2) is 17.6 Å². The SMILES string of the molecule is O=C(c1ccoc1)N1CCCC(O)c2ccccc21. The predicted octanol–water partition coefficient (Wildman–Crippen LogP) is 2.75. The summed E-state index contributed by atoms with van der Waals surface area (Å²) < 4.78 is 4.97. The van der Waals surface area contributed by atoms with Gasteiger partial charge in [0.05, 0.1) is 17.9 Å². The van der Waals surface area contributed by atoms with Crippen molar-refractivity contribution in [3.05, 3.63) is 54.0 Å². The van der Waals surface area contributed by atoms with E-state index < -0.39 is 6.10 Å². The number of hydrogen-bond acceptors (Lipinski definition) is 3. The number of carbonyl (C=O) groups is 1. The van der Waals surface area contributed by atoms with Crippen LogP contribution in [0.1, 0.15) is 34.9 Å². The topological polar surface area (TPSA) is 53.7 Å². The maximum atomic E-state index is 12.5. The van der Waals surface area contributed by atoms with Crippen molar-refractivity contribution in [2.24, 2.45) is 0 Å². The molecule has 0 aliphatic carbocycles. The Hall–Kier alpha value is -2.07. The molecule has 0 spiro atoms. The van der Waals surface area contributed by atoms with Gasteiger partial charge in [-0.25, -0.2) is 0 Å². The number of rotatable bonds is 1. The van der Waals surface area contributed by atoms with E-state index in [0.29, 0.717) is 18.5 Å². The van der Waals surface area contributed by atoms with Gasteiger partial charge in [-0.1, -0.05) is 18.2 Å². The molecule has 1 amide bonds. The normalized spacial score (nSPS) is 18.8. The van der Waals surface area contributed by atoms with Gasteiger partial charge >= 0.3 is 0 Å². The Morgan fingerprint density at radius 2 is 2.16 bits per heavy atom. The summed E-state index contributed by atoms with van der Waals surface area (Å²) in [6.45, 7) is 0.609. The zero-order valence-electron chi connectivity index (χ0n) is 10.5. The first-order valence-electron chi connectivity index (χ1n) is 6.38. The van der Waals surface area contributed by atoms with E-state index >= 15 is 0 Å². The summed E-state index contributed by atoms with van der Waals surface area (Å²) in [5, 5.41) is 10.1. The fourth-order valence-corrected chi connectivity index (χ4v) is 2.49. The van der Waals surface area contributed by atoms with Gasteiger partial charge in [0.2, 0.25) is 0 Å². The fraction of sp³-hybridized carbons (Fsp3) is 0.267. The Morgan fingerprint density at radius 1 is 1.32 bits per heavy atom. The molecule has 0 fully saturated rings. The number of fused-ring (bicyclic) bond motifs is 1. The molecule has 0 saturated carbocycles. The van der Waals surface area contributed by atoms with Crippen LogP contribution in [0.25, 0.3) is 0 Å². The molecule has 19 heavy (non-hydrogen) atoms. The highest BCUT2D eigenvalue weighted by molar-refractivity contribution is 6.06. The van der Waals surface area contributed by atoms with Crippen LogP contribution < -0.4 is 4.90 Å². The molecule has 4 nitrogen and oxygen atoms in total. The molecule has 4 heteroatoms. The Bertz CT molecular complexity index is 577. The molecule has 0 radical (unpaired) electrons. The molecular weight excluding hydrogens is 242 g/mol. The Labute approximate surface area is 111 Å². The number of aliphatic hydroxyl groups is 1. The van der Waals surface area contributed by atoms with Gasteiger partial charge in [-0.2, -0.15) is 0 Å². The zero-order chi connectivity index (χ0) is 13.2. The number of benzene rings is 1. The van der Waals surface area contributed by atoms with Crippen molar-refractivity contribution in [2.45, 2.75) is 18.9 Å². The van der Waals surface area contributed by atoms with E-state index in [0.717, 1.165) is 17.7 Å². The molecule has 1 atom stereocenters. The molecule has 2 aromatic rings. The minimum absolute atomic E-state index is 0.0877. The van der Waals surface area contributed by atoms with Crippen molar-refractivity contribution in [2.75, 3.05) is 11.4 Å². The summed E-state index contributed by atoms with van der Waals surface area (Å²) in [7, 11) is 0. The first-order valence-corrected chi connectivity index (χ1v) is 6.38. The van der Waals surface area contributed by atoms with Crippen molar-refractivity contribution in [3.8, 4) is 0 Å². The second-order valence-corrected chi connectivity index (χ2v) is 4.69. The molecule has 1 unspecified atom stereocenters. The van der Waals surface area contributed by atoms with Gasteiger partial charge in [0.1, 0.15) is 6.26 Å². The highest BCUT2D eigenvalue weighted by Gasteiger charge is 2.26. The minimum atomic E-state index is -0.502. The Morgan fingerprint density at radius 3 is 2.95 bits per heavy atom. The fourth-order valence-electron chi connectivity index (χ4n) is 2.49. The predicted molar refractivity (Wildman–Crippen MR) is 71.0 cm³/mol. The molecular formula is C15H15NO3. The maximum Gasteiger partial charge on any atom is 0.261 e. The van der Waals surface area contributed by atoms with Crippen LogP contribution in [0, 0.1) is 0 Å². The molecule has 1 aromatic heterocycles. The first kappa shape index (κ1) is 12.0. The Kier molecular flexibility index (Phi) is 3.09. The number of nitrogens with zero attached hydrogens (tertiary/aromatic N) is 1. The smallest absolute Gasteiger partial charge is 0.261 e. The lowest BCUT2D eigenvalue weighted by Gasteiger charge is -2.22. The summed E-state index contributed by atoms with van der Waals surface area (Å²) >= 11 is 0. The zero-order valence-corrected chi connectivity index (χ0v) is 10.5. The van der Waals surface area contributed by atoms with Crippen LogP contribution >= 0.6 is 0 Å². The van der Waals surface area contributed by atoms with E-state index in [4.69, 9.17) is 4.42 Å². The third-order valence-electron chi connectivity index (χ3n) is 3.46. The number of furan rings is 1. The molecule has 0 bridgehead atoms. The second-order valence-electron chi connectivity index (χ2n) is 4.69. The number of hydrogen-bond donors (Lipinski definition) is 1. The van der Waals surface area contributed by atoms with Gasteiger partial charge in [-0.3, -0.25) is 4.79 Å². The van der Waals surface area contributed by atoms with Gasteiger partial charge in [0.15, 0.2) is 0 Å². The molecule has 1 aliphatic heterocycles. The van der Waals surface area contributed by atoms with Crippen molar-refractivity contribution < 1.29 is 14.3 Å². The largest absolute Gasteiger partial charge is 0.472 e. The van der Waals surface area contributed by atoms with Gasteiger partial charge in [0, 0.05) is 17.8 Å². The van der Waals surface area contributed by atoms with E-state index in [2.05, 4.69) is 0 Å². The van der Waals surface area contributed by atoms with Gasteiger partial charge in [0.25, 0.3) is 5.91 Å². The van der Waals surface area contributed by atoms with Gasteiger partial charge in [-0.15, -0.1) is 0 Å². The molecule has 1 N–H and O–H groups in total. The number of anilines is 1. The van der Waals surface area contributed by atoms with E-state index in [1.165, 1.54) is 12.5 Å². The van der Waals surface area contributed by atoms with Crippen LogP contribution in [0.3, 0.4) is 0 Å². The lowest BCUT2D eigenvalue weighted by Crippen LogP contribution is -2.31. The molecule has 2 heterocycles. The van der Waals surface area contributed by atoms with E-state index in [-0.39, 0.29) is 5.91 Å². The van der Waals surface area contributed by atoms with Gasteiger partial charge < -0.3 is 14.4 Å². The van der Waals surface area contributed by atoms with Crippen LogP contribution in [0.5, 0.6) is 0 Å². The van der Waals surface area contributed by atoms with E-state index in [9.17, 15) is 9.90 Å². The number of aliphatic hydroxyl groups excluding tert-OH is 1. The van der Waals surface area contributed by atoms with Crippen LogP contribution in [-0.2, 0) is 0 Å². The number of carbonyl (C=O) groups excluding carboxylic acids is 1. The summed E-state index contributed by atoms with van der Waals surface area (Å²) in [5.41, 5.74) is 2.14. The summed E-state index contributed by atoms with van der Waals surface area (Å²) in [5.74, 6) is -0.0877. The van der Waals surface area contributed by atoms with Crippen LogP contribution in [0.15, 0.2) is 47.3 Å². The number of para-hydroxylation sites is 1. The van der Waals surface area contributed by atoms with Gasteiger partial charge in [-0.05, 0) is 25.0 Å². The molecule has 1 aliphatic rings. The third-order valence-corrected chi connectivity index (χ3v) is 3.46. The summed E-state index contributed by atoms with van der Waals surface area (Å²) in [6, 6.07) is 9.18. The van der Waals surface area contributed by atoms with Crippen molar-refractivity contribution >= 4 is 11.6 Å². The van der Waals surface area contributed by atoms with Crippen molar-refractivity contribution in [1.29, 1.82) is 0 Å². The summed E-state index contributed by atoms with van der Waals surface area (Å²) in [6.07, 6.45) is 3.89. The molecule has 0 saturated heterocycles. The monoisotopic (exact) mass is 257 g/mol. The third kappa shape index (κ3) is 2.15. The van der Waals surface area contributed by atoms with E-state index in [1.54, 1.807) is 11.0 Å². The minimum Gasteiger partial charge on any atom is -0.472 e. The van der Waals surface area contributed by atoms with Crippen molar-refractivity contribution in [1.82, 2.24) is 0 Å². The van der Waals surface area contributed by atoms with Crippen LogP contribution in [0.4, 0.5) is 5.69 Å². The highest BCUT2D eigenvalue weighted by atomic mass is 16.3. The second kappa shape index (κ2) is 4.90. The average Bonchev–Trinajstić information content (AvgIpc) is 2.91. The van der Waals surface area contributed by atoms with Crippen molar-refractivity contribution in [3.63, 3.8) is 0 Å². The molecule has 98 valence electrons. The maximum absolute atomic E-state index is 12.5. The highest BCUT2D eigenvalue weighted by Crippen LogP contribution is 2.33. The molecule has 1 aromatic carbocycles. The molecule has 3 rings (SSSR count). The first-order chi connectivity index (χ1) is 9.27. The standard InChI is InChI=1S/C15H15NO3/c17-14-6-3-8-16(13-5-2-1-4-12(13)14)15(18)11-7-9-19-10-11/h1-2,4-5,7,9-10,14,17H,3,6,8H2. The number of amides is 1. The average molecular weight is 257 g/mol. The van der Waals surface area contributed by atoms with E-state index in [1.807, 2.05) is 24.3 Å². The summed E-state index contributed by atoms with van der Waals surface area (Å²) in [4.78, 5) is 14.2. The lowest BCUT2D eigenvalue weighted by atomic mass is 10.0. The Balaban J connectivity index is 2.02. The van der Waals surface area contributed by atoms with Crippen LogP contribution in [0.2, 0.25) is 0 Å². The quantitative estimate of drug-likeness (QED) is 0.854.